The van der Waals surface area contributed by atoms with Crippen LogP contribution in [0.3, 0.4) is 0 Å². The van der Waals surface area contributed by atoms with Crippen molar-refractivity contribution in [2.75, 3.05) is 14.2 Å². The van der Waals surface area contributed by atoms with E-state index >= 15 is 0 Å². The summed E-state index contributed by atoms with van der Waals surface area (Å²) < 4.78 is 11.5. The number of likely N-dealkylation sites (N-methyl/N-ethyl adjacent to an activating group) is 1. The van der Waals surface area contributed by atoms with Gasteiger partial charge < -0.3 is 14.4 Å². The summed E-state index contributed by atoms with van der Waals surface area (Å²) in [5, 5.41) is 0. The second-order valence-electron chi connectivity index (χ2n) is 8.58. The number of carbonyl (C=O) groups excluding carboxylic acids is 3. The molecule has 1 amide bonds. The summed E-state index contributed by atoms with van der Waals surface area (Å²) in [6, 6.07) is 9.21. The Morgan fingerprint density at radius 1 is 1.13 bits per heavy atom. The van der Waals surface area contributed by atoms with Crippen LogP contribution in [0.5, 0.6) is 0 Å². The van der Waals surface area contributed by atoms with Crippen LogP contribution in [0, 0.1) is 5.41 Å². The number of hydrogen-bond donors (Lipinski definition) is 0. The summed E-state index contributed by atoms with van der Waals surface area (Å²) in [5.41, 5.74) is 0.824. The van der Waals surface area contributed by atoms with Crippen molar-refractivity contribution in [1.29, 1.82) is 0 Å². The summed E-state index contributed by atoms with van der Waals surface area (Å²) >= 11 is 0. The summed E-state index contributed by atoms with van der Waals surface area (Å²) in [7, 11) is 2.97. The third kappa shape index (κ3) is 6.67. The average Bonchev–Trinajstić information content (AvgIpc) is 3.20. The Labute approximate surface area is 183 Å². The maximum atomic E-state index is 13.3. The minimum atomic E-state index is -0.936. The quantitative estimate of drug-likeness (QED) is 0.628. The number of nitrogens with zero attached hydrogens (tertiary/aromatic N) is 3. The molecule has 0 saturated carbocycles. The molecule has 0 radical (unpaired) electrons. The van der Waals surface area contributed by atoms with Crippen LogP contribution in [0.4, 0.5) is 4.79 Å². The predicted molar refractivity (Wildman–Crippen MR) is 115 cm³/mol. The maximum absolute atomic E-state index is 13.3. The number of esters is 1. The first kappa shape index (κ1) is 24.1. The number of imidazole rings is 1. The molecule has 8 nitrogen and oxygen atoms in total. The zero-order valence-electron chi connectivity index (χ0n) is 19.0. The van der Waals surface area contributed by atoms with Gasteiger partial charge in [0.1, 0.15) is 6.33 Å². The van der Waals surface area contributed by atoms with Gasteiger partial charge in [0, 0.05) is 32.1 Å². The molecule has 1 aromatic heterocycles. The van der Waals surface area contributed by atoms with Gasteiger partial charge in [0.05, 0.1) is 18.2 Å². The van der Waals surface area contributed by atoms with Crippen molar-refractivity contribution in [1.82, 2.24) is 14.5 Å². The van der Waals surface area contributed by atoms with Crippen LogP contribution >= 0.6 is 0 Å². The molecule has 0 N–H and O–H groups in total. The number of aromatic nitrogens is 2. The normalized spacial score (nSPS) is 13.2. The van der Waals surface area contributed by atoms with Gasteiger partial charge in [0.15, 0.2) is 6.10 Å². The lowest BCUT2D eigenvalue weighted by molar-refractivity contribution is -0.167. The number of rotatable bonds is 7. The Balaban J connectivity index is 2.14. The number of amides is 1. The average molecular weight is 430 g/mol. The minimum Gasteiger partial charge on any atom is -0.452 e. The first-order valence-electron chi connectivity index (χ1n) is 10.2. The fraction of sp³-hybridized carbons (Fsp3) is 0.478. The van der Waals surface area contributed by atoms with Crippen molar-refractivity contribution in [2.24, 2.45) is 5.41 Å². The van der Waals surface area contributed by atoms with E-state index in [2.05, 4.69) is 9.72 Å². The van der Waals surface area contributed by atoms with Crippen LogP contribution in [0.25, 0.3) is 0 Å². The molecule has 2 rings (SSSR count). The molecule has 0 saturated heterocycles. The van der Waals surface area contributed by atoms with Crippen molar-refractivity contribution in [2.45, 2.75) is 52.7 Å². The van der Waals surface area contributed by atoms with Gasteiger partial charge in [-0.3, -0.25) is 9.59 Å². The Bertz CT molecular complexity index is 901. The standard InChI is InChI=1S/C23H31N3O5/c1-16(12-18-14-26(15-24-18)22(29)30-6)25(5)20(27)19(31-21(28)23(2,3)4)13-17-10-8-7-9-11-17/h7-11,14-16,19H,12-13H2,1-6H3/t16-,19+/m1/s1. The Morgan fingerprint density at radius 2 is 1.77 bits per heavy atom. The number of carbonyl (C=O) groups is 3. The molecule has 2 atom stereocenters. The second kappa shape index (κ2) is 10.2. The topological polar surface area (TPSA) is 90.7 Å². The fourth-order valence-electron chi connectivity index (χ4n) is 2.87. The second-order valence-corrected chi connectivity index (χ2v) is 8.58. The van der Waals surface area contributed by atoms with Crippen molar-refractivity contribution in [3.05, 3.63) is 54.1 Å². The monoisotopic (exact) mass is 429 g/mol. The molecule has 0 bridgehead atoms. The highest BCUT2D eigenvalue weighted by atomic mass is 16.6. The van der Waals surface area contributed by atoms with E-state index in [-0.39, 0.29) is 18.4 Å². The molecule has 8 heteroatoms. The van der Waals surface area contributed by atoms with E-state index in [4.69, 9.17) is 4.74 Å². The molecule has 0 fully saturated rings. The molecule has 0 unspecified atom stereocenters. The lowest BCUT2D eigenvalue weighted by Gasteiger charge is -2.30. The Morgan fingerprint density at radius 3 is 2.35 bits per heavy atom. The van der Waals surface area contributed by atoms with Crippen molar-refractivity contribution < 1.29 is 23.9 Å². The van der Waals surface area contributed by atoms with Gasteiger partial charge in [-0.1, -0.05) is 30.3 Å². The van der Waals surface area contributed by atoms with Crippen LogP contribution in [0.1, 0.15) is 39.0 Å². The van der Waals surface area contributed by atoms with E-state index in [1.165, 1.54) is 18.0 Å². The number of methoxy groups -OCH3 is 1. The lowest BCUT2D eigenvalue weighted by atomic mass is 9.97. The van der Waals surface area contributed by atoms with Gasteiger partial charge in [0.25, 0.3) is 5.91 Å². The van der Waals surface area contributed by atoms with Gasteiger partial charge in [-0.05, 0) is 33.3 Å². The number of hydrogen-bond acceptors (Lipinski definition) is 6. The summed E-state index contributed by atoms with van der Waals surface area (Å²) in [4.78, 5) is 43.1. The number of benzene rings is 1. The molecular weight excluding hydrogens is 398 g/mol. The molecule has 168 valence electrons. The number of ether oxygens (including phenoxy) is 2. The third-order valence-electron chi connectivity index (χ3n) is 4.94. The molecule has 0 spiro atoms. The van der Waals surface area contributed by atoms with Gasteiger partial charge in [-0.25, -0.2) is 14.3 Å². The van der Waals surface area contributed by atoms with E-state index in [1.807, 2.05) is 37.3 Å². The van der Waals surface area contributed by atoms with Crippen molar-refractivity contribution in [3.8, 4) is 0 Å². The fourth-order valence-corrected chi connectivity index (χ4v) is 2.87. The smallest absolute Gasteiger partial charge is 0.418 e. The highest BCUT2D eigenvalue weighted by Crippen LogP contribution is 2.19. The molecular formula is C23H31N3O5. The molecule has 2 aromatic rings. The minimum absolute atomic E-state index is 0.236. The van der Waals surface area contributed by atoms with Crippen LogP contribution in [-0.4, -0.2) is 58.7 Å². The highest BCUT2D eigenvalue weighted by Gasteiger charge is 2.33. The van der Waals surface area contributed by atoms with Gasteiger partial charge in [-0.15, -0.1) is 0 Å². The summed E-state index contributed by atoms with van der Waals surface area (Å²) in [6.07, 6.45) is 2.19. The SMILES string of the molecule is COC(=O)n1cnc(C[C@@H](C)N(C)C(=O)[C@H](Cc2ccccc2)OC(=O)C(C)(C)C)c1. The zero-order valence-corrected chi connectivity index (χ0v) is 19.0. The largest absolute Gasteiger partial charge is 0.452 e. The van der Waals surface area contributed by atoms with Gasteiger partial charge >= 0.3 is 12.1 Å². The van der Waals surface area contributed by atoms with Crippen LogP contribution < -0.4 is 0 Å². The van der Waals surface area contributed by atoms with Crippen LogP contribution in [-0.2, 0) is 31.9 Å². The van der Waals surface area contributed by atoms with E-state index in [0.29, 0.717) is 12.1 Å². The Hall–Kier alpha value is -3.16. The third-order valence-corrected chi connectivity index (χ3v) is 4.94. The van der Waals surface area contributed by atoms with E-state index < -0.39 is 23.6 Å². The van der Waals surface area contributed by atoms with E-state index in [0.717, 1.165) is 5.56 Å². The van der Waals surface area contributed by atoms with Gasteiger partial charge in [0.2, 0.25) is 0 Å². The molecule has 1 aromatic carbocycles. The lowest BCUT2D eigenvalue weighted by Crippen LogP contribution is -2.46. The molecule has 31 heavy (non-hydrogen) atoms. The van der Waals surface area contributed by atoms with Crippen molar-refractivity contribution in [3.63, 3.8) is 0 Å². The van der Waals surface area contributed by atoms with Gasteiger partial charge in [-0.2, -0.15) is 0 Å². The molecule has 0 aliphatic carbocycles. The zero-order chi connectivity index (χ0) is 23.2. The van der Waals surface area contributed by atoms with Crippen LogP contribution in [0.15, 0.2) is 42.9 Å². The summed E-state index contributed by atoms with van der Waals surface area (Å²) in [5.74, 6) is -0.721. The Kier molecular flexibility index (Phi) is 7.96. The molecule has 0 aliphatic rings. The maximum Gasteiger partial charge on any atom is 0.418 e. The first-order chi connectivity index (χ1) is 14.5. The highest BCUT2D eigenvalue weighted by molar-refractivity contribution is 5.85. The molecule has 1 heterocycles. The summed E-state index contributed by atoms with van der Waals surface area (Å²) in [6.45, 7) is 7.14. The van der Waals surface area contributed by atoms with Crippen molar-refractivity contribution >= 4 is 18.0 Å². The first-order valence-corrected chi connectivity index (χ1v) is 10.2. The molecule has 0 aliphatic heterocycles. The predicted octanol–water partition coefficient (Wildman–Crippen LogP) is 3.09. The van der Waals surface area contributed by atoms with Crippen LogP contribution in [0.2, 0.25) is 0 Å². The van der Waals surface area contributed by atoms with E-state index in [9.17, 15) is 14.4 Å². The van der Waals surface area contributed by atoms with E-state index in [1.54, 1.807) is 38.9 Å².